The first-order valence-electron chi connectivity index (χ1n) is 9.61. The molecule has 3 rings (SSSR count). The maximum absolute atomic E-state index is 12.5. The number of amides is 2. The van der Waals surface area contributed by atoms with E-state index in [0.717, 1.165) is 31.4 Å². The first kappa shape index (κ1) is 19.0. The van der Waals surface area contributed by atoms with E-state index in [-0.39, 0.29) is 17.7 Å². The van der Waals surface area contributed by atoms with Crippen molar-refractivity contribution < 1.29 is 14.3 Å². The first-order valence-corrected chi connectivity index (χ1v) is 9.61. The second-order valence-corrected chi connectivity index (χ2v) is 6.82. The standard InChI is InChI=1S/C22H26N2O3/c1-2-27-20-13-11-18(12-14-20)23-22(26)17-9-6-10-19(15-17)24-21(25)16-7-4-3-5-8-16/h6,9-16H,2-5,7-8H2,1H3,(H,23,26)(H,24,25). The Morgan fingerprint density at radius 3 is 2.41 bits per heavy atom. The molecule has 142 valence electrons. The van der Waals surface area contributed by atoms with E-state index in [0.29, 0.717) is 23.5 Å². The van der Waals surface area contributed by atoms with Gasteiger partial charge in [0, 0.05) is 22.9 Å². The number of hydrogen-bond donors (Lipinski definition) is 2. The lowest BCUT2D eigenvalue weighted by atomic mass is 9.88. The number of hydrogen-bond acceptors (Lipinski definition) is 3. The molecule has 1 aliphatic rings. The van der Waals surface area contributed by atoms with Crippen molar-refractivity contribution in [3.8, 4) is 5.75 Å². The molecule has 1 fully saturated rings. The number of rotatable bonds is 6. The van der Waals surface area contributed by atoms with E-state index in [1.807, 2.05) is 25.1 Å². The lowest BCUT2D eigenvalue weighted by Crippen LogP contribution is -2.24. The highest BCUT2D eigenvalue weighted by atomic mass is 16.5. The molecule has 5 heteroatoms. The monoisotopic (exact) mass is 366 g/mol. The van der Waals surface area contributed by atoms with Crippen LogP contribution in [0.4, 0.5) is 11.4 Å². The van der Waals surface area contributed by atoms with Crippen molar-refractivity contribution in [1.29, 1.82) is 0 Å². The molecule has 27 heavy (non-hydrogen) atoms. The van der Waals surface area contributed by atoms with Gasteiger partial charge in [-0.1, -0.05) is 25.3 Å². The molecule has 1 aliphatic carbocycles. The van der Waals surface area contributed by atoms with Crippen LogP contribution in [0, 0.1) is 5.92 Å². The molecule has 2 aromatic rings. The molecule has 0 heterocycles. The third-order valence-corrected chi connectivity index (χ3v) is 4.79. The molecule has 0 bridgehead atoms. The largest absolute Gasteiger partial charge is 0.494 e. The van der Waals surface area contributed by atoms with Crippen molar-refractivity contribution in [3.05, 3.63) is 54.1 Å². The second-order valence-electron chi connectivity index (χ2n) is 6.82. The van der Waals surface area contributed by atoms with Gasteiger partial charge >= 0.3 is 0 Å². The molecule has 2 aromatic carbocycles. The molecule has 0 unspecified atom stereocenters. The fourth-order valence-electron chi connectivity index (χ4n) is 3.35. The lowest BCUT2D eigenvalue weighted by Gasteiger charge is -2.20. The average molecular weight is 366 g/mol. The van der Waals surface area contributed by atoms with Crippen LogP contribution in [-0.2, 0) is 4.79 Å². The van der Waals surface area contributed by atoms with Gasteiger partial charge in [-0.15, -0.1) is 0 Å². The SMILES string of the molecule is CCOc1ccc(NC(=O)c2cccc(NC(=O)C3CCCCC3)c2)cc1. The molecule has 0 spiro atoms. The maximum Gasteiger partial charge on any atom is 0.255 e. The van der Waals surface area contributed by atoms with Crippen molar-refractivity contribution in [3.63, 3.8) is 0 Å². The van der Waals surface area contributed by atoms with Gasteiger partial charge in [-0.05, 0) is 62.2 Å². The molecular weight excluding hydrogens is 340 g/mol. The van der Waals surface area contributed by atoms with Crippen LogP contribution < -0.4 is 15.4 Å². The average Bonchev–Trinajstić information content (AvgIpc) is 2.70. The van der Waals surface area contributed by atoms with Crippen LogP contribution in [0.3, 0.4) is 0 Å². The number of benzene rings is 2. The normalized spacial score (nSPS) is 14.4. The predicted octanol–water partition coefficient (Wildman–Crippen LogP) is 4.86. The van der Waals surface area contributed by atoms with Crippen molar-refractivity contribution in [2.75, 3.05) is 17.2 Å². The van der Waals surface area contributed by atoms with Crippen LogP contribution in [0.1, 0.15) is 49.4 Å². The van der Waals surface area contributed by atoms with E-state index in [1.165, 1.54) is 6.42 Å². The van der Waals surface area contributed by atoms with E-state index >= 15 is 0 Å². The summed E-state index contributed by atoms with van der Waals surface area (Å²) in [5, 5.41) is 5.82. The van der Waals surface area contributed by atoms with Gasteiger partial charge in [0.05, 0.1) is 6.61 Å². The van der Waals surface area contributed by atoms with Crippen LogP contribution in [0.5, 0.6) is 5.75 Å². The summed E-state index contributed by atoms with van der Waals surface area (Å²) in [4.78, 5) is 24.9. The Morgan fingerprint density at radius 1 is 0.963 bits per heavy atom. The molecule has 0 atom stereocenters. The molecule has 5 nitrogen and oxygen atoms in total. The molecule has 2 N–H and O–H groups in total. The van der Waals surface area contributed by atoms with Crippen LogP contribution in [0.2, 0.25) is 0 Å². The van der Waals surface area contributed by atoms with E-state index < -0.39 is 0 Å². The Balaban J connectivity index is 1.61. The molecule has 0 saturated heterocycles. The minimum atomic E-state index is -0.215. The topological polar surface area (TPSA) is 67.4 Å². The van der Waals surface area contributed by atoms with Crippen LogP contribution in [-0.4, -0.2) is 18.4 Å². The van der Waals surface area contributed by atoms with E-state index in [2.05, 4.69) is 10.6 Å². The third kappa shape index (κ3) is 5.33. The smallest absolute Gasteiger partial charge is 0.255 e. The molecule has 0 aromatic heterocycles. The van der Waals surface area contributed by atoms with E-state index in [4.69, 9.17) is 4.74 Å². The lowest BCUT2D eigenvalue weighted by molar-refractivity contribution is -0.120. The fraction of sp³-hybridized carbons (Fsp3) is 0.364. The van der Waals surface area contributed by atoms with Crippen molar-refractivity contribution in [2.45, 2.75) is 39.0 Å². The van der Waals surface area contributed by atoms with Gasteiger partial charge < -0.3 is 15.4 Å². The summed E-state index contributed by atoms with van der Waals surface area (Å²) < 4.78 is 5.40. The summed E-state index contributed by atoms with van der Waals surface area (Å²) in [6.45, 7) is 2.53. The highest BCUT2D eigenvalue weighted by Gasteiger charge is 2.21. The molecular formula is C22H26N2O3. The minimum Gasteiger partial charge on any atom is -0.494 e. The number of nitrogens with one attached hydrogen (secondary N) is 2. The second kappa shape index (κ2) is 9.21. The van der Waals surface area contributed by atoms with Crippen molar-refractivity contribution in [1.82, 2.24) is 0 Å². The van der Waals surface area contributed by atoms with Gasteiger partial charge in [0.15, 0.2) is 0 Å². The molecule has 1 saturated carbocycles. The van der Waals surface area contributed by atoms with Gasteiger partial charge in [-0.2, -0.15) is 0 Å². The first-order chi connectivity index (χ1) is 13.2. The van der Waals surface area contributed by atoms with Gasteiger partial charge in [-0.25, -0.2) is 0 Å². The Hall–Kier alpha value is -2.82. The van der Waals surface area contributed by atoms with Gasteiger partial charge in [0.25, 0.3) is 5.91 Å². The Morgan fingerprint density at radius 2 is 1.70 bits per heavy atom. The summed E-state index contributed by atoms with van der Waals surface area (Å²) in [6, 6.07) is 14.3. The Kier molecular flexibility index (Phi) is 6.47. The van der Waals surface area contributed by atoms with Crippen molar-refractivity contribution >= 4 is 23.2 Å². The minimum absolute atomic E-state index is 0.0544. The van der Waals surface area contributed by atoms with Crippen LogP contribution in [0.15, 0.2) is 48.5 Å². The summed E-state index contributed by atoms with van der Waals surface area (Å²) in [5.41, 5.74) is 1.86. The van der Waals surface area contributed by atoms with Crippen LogP contribution in [0.25, 0.3) is 0 Å². The quantitative estimate of drug-likeness (QED) is 0.767. The number of carbonyl (C=O) groups is 2. The van der Waals surface area contributed by atoms with Crippen LogP contribution >= 0.6 is 0 Å². The zero-order valence-corrected chi connectivity index (χ0v) is 15.7. The summed E-state index contributed by atoms with van der Waals surface area (Å²) in [5.74, 6) is 0.690. The summed E-state index contributed by atoms with van der Waals surface area (Å²) in [7, 11) is 0. The van der Waals surface area contributed by atoms with Gasteiger partial charge in [0.1, 0.15) is 5.75 Å². The third-order valence-electron chi connectivity index (χ3n) is 4.79. The number of anilines is 2. The zero-order chi connectivity index (χ0) is 19.1. The van der Waals surface area contributed by atoms with E-state index in [1.54, 1.807) is 30.3 Å². The number of carbonyl (C=O) groups excluding carboxylic acids is 2. The van der Waals surface area contributed by atoms with Crippen molar-refractivity contribution in [2.24, 2.45) is 5.92 Å². The molecule has 0 radical (unpaired) electrons. The Labute approximate surface area is 160 Å². The zero-order valence-electron chi connectivity index (χ0n) is 15.7. The maximum atomic E-state index is 12.5. The summed E-state index contributed by atoms with van der Waals surface area (Å²) in [6.07, 6.45) is 5.34. The highest BCUT2D eigenvalue weighted by Crippen LogP contribution is 2.25. The highest BCUT2D eigenvalue weighted by molar-refractivity contribution is 6.05. The summed E-state index contributed by atoms with van der Waals surface area (Å²) >= 11 is 0. The molecule has 2 amide bonds. The Bertz CT molecular complexity index is 780. The van der Waals surface area contributed by atoms with E-state index in [9.17, 15) is 9.59 Å². The molecule has 0 aliphatic heterocycles. The van der Waals surface area contributed by atoms with Gasteiger partial charge in [0.2, 0.25) is 5.91 Å². The predicted molar refractivity (Wildman–Crippen MR) is 107 cm³/mol. The number of ether oxygens (including phenoxy) is 1. The fourth-order valence-corrected chi connectivity index (χ4v) is 3.35. The van der Waals surface area contributed by atoms with Gasteiger partial charge in [-0.3, -0.25) is 9.59 Å².